The Kier molecular flexibility index (Phi) is 4.39. The number of nitriles is 1. The maximum Gasteiger partial charge on any atom is 0.232 e. The van der Waals surface area contributed by atoms with Gasteiger partial charge in [-0.2, -0.15) is 9.78 Å². The van der Waals surface area contributed by atoms with Gasteiger partial charge in [0.15, 0.2) is 11.5 Å². The summed E-state index contributed by atoms with van der Waals surface area (Å²) in [5.74, 6) is 0.514. The van der Waals surface area contributed by atoms with Crippen molar-refractivity contribution in [1.82, 2.24) is 14.6 Å². The normalized spacial score (nSPS) is 12.2. The van der Waals surface area contributed by atoms with Gasteiger partial charge < -0.3 is 5.11 Å². The third-order valence-electron chi connectivity index (χ3n) is 3.27. The number of fused-ring (bicyclic) bond motifs is 1. The number of hydrogen-bond donors (Lipinski definition) is 1. The minimum atomic E-state index is -0.146. The summed E-state index contributed by atoms with van der Waals surface area (Å²) in [5, 5.41) is 23.4. The monoisotopic (exact) mass is 282 g/mol. The van der Waals surface area contributed by atoms with E-state index in [1.807, 2.05) is 25.1 Å². The Hall–Kier alpha value is -2.61. The van der Waals surface area contributed by atoms with E-state index in [1.54, 1.807) is 13.0 Å². The highest BCUT2D eigenvalue weighted by atomic mass is 16.3. The van der Waals surface area contributed by atoms with Crippen LogP contribution in [0.25, 0.3) is 5.65 Å². The molecule has 0 amide bonds. The molecule has 0 saturated heterocycles. The van der Waals surface area contributed by atoms with E-state index in [0.717, 1.165) is 6.42 Å². The summed E-state index contributed by atoms with van der Waals surface area (Å²) in [6, 6.07) is 3.74. The van der Waals surface area contributed by atoms with Crippen LogP contribution in [-0.4, -0.2) is 19.7 Å². The number of aryl methyl sites for hydroxylation is 2. The second kappa shape index (κ2) is 6.23. The molecule has 0 atom stereocenters. The molecule has 0 radical (unpaired) electrons. The molecule has 0 aliphatic rings. The SMILES string of the molecule is C/C=C\C=C(/C)CCc1nc2cc(C)c(C#N)c(O)n2n1. The fourth-order valence-corrected chi connectivity index (χ4v) is 2.06. The summed E-state index contributed by atoms with van der Waals surface area (Å²) >= 11 is 0. The number of rotatable bonds is 4. The van der Waals surface area contributed by atoms with Gasteiger partial charge in [0, 0.05) is 6.42 Å². The molecule has 0 saturated carbocycles. The Bertz CT molecular complexity index is 763. The van der Waals surface area contributed by atoms with Gasteiger partial charge in [0.2, 0.25) is 5.88 Å². The van der Waals surface area contributed by atoms with Gasteiger partial charge in [0.25, 0.3) is 0 Å². The van der Waals surface area contributed by atoms with Crippen LogP contribution in [0.5, 0.6) is 5.88 Å². The van der Waals surface area contributed by atoms with Gasteiger partial charge >= 0.3 is 0 Å². The quantitative estimate of drug-likeness (QED) is 0.874. The molecular formula is C16H18N4O. The van der Waals surface area contributed by atoms with Gasteiger partial charge in [-0.1, -0.05) is 23.8 Å². The Labute approximate surface area is 123 Å². The highest BCUT2D eigenvalue weighted by Gasteiger charge is 2.13. The van der Waals surface area contributed by atoms with Crippen LogP contribution in [0.1, 0.15) is 37.2 Å². The lowest BCUT2D eigenvalue weighted by molar-refractivity contribution is 0.433. The van der Waals surface area contributed by atoms with Gasteiger partial charge in [-0.05, 0) is 38.8 Å². The molecule has 5 heteroatoms. The summed E-state index contributed by atoms with van der Waals surface area (Å²) in [6.07, 6.45) is 7.59. The van der Waals surface area contributed by atoms with E-state index in [9.17, 15) is 5.11 Å². The molecule has 0 bridgehead atoms. The lowest BCUT2D eigenvalue weighted by Crippen LogP contribution is -1.95. The van der Waals surface area contributed by atoms with Crippen molar-refractivity contribution in [3.63, 3.8) is 0 Å². The molecule has 0 unspecified atom stereocenters. The van der Waals surface area contributed by atoms with E-state index in [1.165, 1.54) is 10.1 Å². The van der Waals surface area contributed by atoms with Crippen molar-refractivity contribution in [3.8, 4) is 11.9 Å². The number of hydrogen-bond acceptors (Lipinski definition) is 4. The molecule has 2 aromatic heterocycles. The zero-order valence-corrected chi connectivity index (χ0v) is 12.5. The number of nitrogens with zero attached hydrogens (tertiary/aromatic N) is 4. The number of allylic oxidation sites excluding steroid dienone is 4. The maximum atomic E-state index is 10.1. The van der Waals surface area contributed by atoms with Gasteiger partial charge in [-0.15, -0.1) is 5.10 Å². The van der Waals surface area contributed by atoms with Crippen LogP contribution in [0.4, 0.5) is 0 Å². The van der Waals surface area contributed by atoms with E-state index in [-0.39, 0.29) is 11.4 Å². The Morgan fingerprint density at radius 2 is 2.29 bits per heavy atom. The highest BCUT2D eigenvalue weighted by molar-refractivity contribution is 5.53. The van der Waals surface area contributed by atoms with Gasteiger partial charge in [-0.3, -0.25) is 0 Å². The summed E-state index contributed by atoms with van der Waals surface area (Å²) in [6.45, 7) is 5.81. The largest absolute Gasteiger partial charge is 0.492 e. The third-order valence-corrected chi connectivity index (χ3v) is 3.27. The fourth-order valence-electron chi connectivity index (χ4n) is 2.06. The molecule has 0 fully saturated rings. The average Bonchev–Trinajstić information content (AvgIpc) is 2.86. The zero-order valence-electron chi connectivity index (χ0n) is 12.5. The molecule has 0 spiro atoms. The topological polar surface area (TPSA) is 74.2 Å². The van der Waals surface area contributed by atoms with Gasteiger partial charge in [0.05, 0.1) is 0 Å². The molecule has 2 aromatic rings. The van der Waals surface area contributed by atoms with Gasteiger partial charge in [0.1, 0.15) is 11.6 Å². The van der Waals surface area contributed by atoms with Crippen LogP contribution in [0.15, 0.2) is 29.9 Å². The number of aromatic hydroxyl groups is 1. The van der Waals surface area contributed by atoms with Gasteiger partial charge in [-0.25, -0.2) is 4.98 Å². The predicted octanol–water partition coefficient (Wildman–Crippen LogP) is 3.07. The lowest BCUT2D eigenvalue weighted by atomic mass is 10.1. The molecule has 0 aliphatic carbocycles. The van der Waals surface area contributed by atoms with Crippen LogP contribution >= 0.6 is 0 Å². The molecule has 2 heterocycles. The van der Waals surface area contributed by atoms with Crippen LogP contribution in [-0.2, 0) is 6.42 Å². The second-order valence-electron chi connectivity index (χ2n) is 4.97. The van der Waals surface area contributed by atoms with Crippen LogP contribution < -0.4 is 0 Å². The minimum Gasteiger partial charge on any atom is -0.492 e. The van der Waals surface area contributed by atoms with E-state index in [2.05, 4.69) is 23.1 Å². The maximum absolute atomic E-state index is 10.1. The predicted molar refractivity (Wildman–Crippen MR) is 81.0 cm³/mol. The first kappa shape index (κ1) is 14.8. The lowest BCUT2D eigenvalue weighted by Gasteiger charge is -2.01. The van der Waals surface area contributed by atoms with Crippen molar-refractivity contribution >= 4 is 5.65 Å². The van der Waals surface area contributed by atoms with E-state index in [4.69, 9.17) is 5.26 Å². The first-order valence-corrected chi connectivity index (χ1v) is 6.83. The molecular weight excluding hydrogens is 264 g/mol. The van der Waals surface area contributed by atoms with E-state index in [0.29, 0.717) is 23.5 Å². The van der Waals surface area contributed by atoms with Crippen molar-refractivity contribution in [2.24, 2.45) is 0 Å². The molecule has 0 aromatic carbocycles. The number of pyridine rings is 1. The van der Waals surface area contributed by atoms with Crippen molar-refractivity contribution in [2.45, 2.75) is 33.6 Å². The minimum absolute atomic E-state index is 0.146. The van der Waals surface area contributed by atoms with Crippen LogP contribution in [0.3, 0.4) is 0 Å². The average molecular weight is 282 g/mol. The molecule has 1 N–H and O–H groups in total. The fraction of sp³-hybridized carbons (Fsp3) is 0.312. The number of aromatic nitrogens is 3. The first-order chi connectivity index (χ1) is 10.1. The third kappa shape index (κ3) is 3.11. The Morgan fingerprint density at radius 1 is 1.52 bits per heavy atom. The molecule has 21 heavy (non-hydrogen) atoms. The summed E-state index contributed by atoms with van der Waals surface area (Å²) < 4.78 is 1.33. The molecule has 108 valence electrons. The van der Waals surface area contributed by atoms with Crippen molar-refractivity contribution < 1.29 is 5.11 Å². The molecule has 2 rings (SSSR count). The van der Waals surface area contributed by atoms with Crippen molar-refractivity contribution in [1.29, 1.82) is 5.26 Å². The zero-order chi connectivity index (χ0) is 15.4. The Balaban J connectivity index is 2.28. The smallest absolute Gasteiger partial charge is 0.232 e. The van der Waals surface area contributed by atoms with E-state index >= 15 is 0 Å². The van der Waals surface area contributed by atoms with Crippen molar-refractivity contribution in [3.05, 3.63) is 46.8 Å². The summed E-state index contributed by atoms with van der Waals surface area (Å²) in [4.78, 5) is 4.40. The first-order valence-electron chi connectivity index (χ1n) is 6.83. The standard InChI is InChI=1S/C16H18N4O/c1-4-5-6-11(2)7-8-14-18-15-9-12(3)13(10-17)16(21)20(15)19-14/h4-6,9,21H,7-8H2,1-3H3/b5-4-,11-6+. The summed E-state index contributed by atoms with van der Waals surface area (Å²) in [7, 11) is 0. The second-order valence-corrected chi connectivity index (χ2v) is 4.97. The summed E-state index contributed by atoms with van der Waals surface area (Å²) in [5.41, 5.74) is 2.74. The molecule has 5 nitrogen and oxygen atoms in total. The van der Waals surface area contributed by atoms with Crippen LogP contribution in [0.2, 0.25) is 0 Å². The Morgan fingerprint density at radius 3 is 2.95 bits per heavy atom. The molecule has 0 aliphatic heterocycles. The van der Waals surface area contributed by atoms with Crippen LogP contribution in [0, 0.1) is 18.3 Å². The van der Waals surface area contributed by atoms with Crippen molar-refractivity contribution in [2.75, 3.05) is 0 Å². The van der Waals surface area contributed by atoms with E-state index < -0.39 is 0 Å². The highest BCUT2D eigenvalue weighted by Crippen LogP contribution is 2.22.